The number of halogens is 2. The summed E-state index contributed by atoms with van der Waals surface area (Å²) in [6.07, 6.45) is 0.117. The van der Waals surface area contributed by atoms with E-state index in [4.69, 9.17) is 0 Å². The molecule has 0 spiro atoms. The van der Waals surface area contributed by atoms with Gasteiger partial charge in [0.05, 0.1) is 0 Å². The molecule has 0 aromatic heterocycles. The van der Waals surface area contributed by atoms with Crippen molar-refractivity contribution >= 4 is 0 Å². The van der Waals surface area contributed by atoms with E-state index in [0.29, 0.717) is 5.92 Å². The molecule has 1 fully saturated rings. The monoisotopic (exact) mass is 148 g/mol. The summed E-state index contributed by atoms with van der Waals surface area (Å²) < 4.78 is 24.8. The minimum absolute atomic E-state index is 0.117. The topological polar surface area (TPSA) is 0 Å². The molecule has 0 nitrogen and oxygen atoms in total. The molecule has 1 unspecified atom stereocenters. The normalized spacial score (nSPS) is 32.4. The highest BCUT2D eigenvalue weighted by Gasteiger charge is 2.59. The summed E-state index contributed by atoms with van der Waals surface area (Å²) in [6, 6.07) is 0. The Morgan fingerprint density at radius 3 is 1.80 bits per heavy atom. The van der Waals surface area contributed by atoms with E-state index in [9.17, 15) is 8.78 Å². The van der Waals surface area contributed by atoms with Crippen LogP contribution in [0.4, 0.5) is 8.78 Å². The molecule has 0 aromatic carbocycles. The van der Waals surface area contributed by atoms with Gasteiger partial charge in [0.25, 0.3) is 5.92 Å². The third-order valence-electron chi connectivity index (χ3n) is 2.56. The SMILES string of the molecule is CC(C)C(C)[C@H]1CC1(F)F. The van der Waals surface area contributed by atoms with Crippen molar-refractivity contribution in [3.8, 4) is 0 Å². The fourth-order valence-corrected chi connectivity index (χ4v) is 1.27. The Labute approximate surface area is 60.6 Å². The van der Waals surface area contributed by atoms with Crippen LogP contribution < -0.4 is 0 Å². The van der Waals surface area contributed by atoms with Crippen molar-refractivity contribution in [1.29, 1.82) is 0 Å². The summed E-state index contributed by atoms with van der Waals surface area (Å²) in [5.41, 5.74) is 0. The van der Waals surface area contributed by atoms with Gasteiger partial charge in [0, 0.05) is 12.3 Å². The van der Waals surface area contributed by atoms with Crippen molar-refractivity contribution in [1.82, 2.24) is 0 Å². The van der Waals surface area contributed by atoms with Gasteiger partial charge in [-0.1, -0.05) is 20.8 Å². The number of hydrogen-bond donors (Lipinski definition) is 0. The van der Waals surface area contributed by atoms with E-state index in [2.05, 4.69) is 0 Å². The maximum Gasteiger partial charge on any atom is 0.251 e. The van der Waals surface area contributed by atoms with Gasteiger partial charge >= 0.3 is 0 Å². The van der Waals surface area contributed by atoms with Crippen LogP contribution in [-0.2, 0) is 0 Å². The zero-order valence-electron chi connectivity index (χ0n) is 6.70. The largest absolute Gasteiger partial charge is 0.251 e. The highest BCUT2D eigenvalue weighted by atomic mass is 19.3. The van der Waals surface area contributed by atoms with Crippen molar-refractivity contribution in [2.75, 3.05) is 0 Å². The van der Waals surface area contributed by atoms with Gasteiger partial charge in [0.2, 0.25) is 0 Å². The lowest BCUT2D eigenvalue weighted by atomic mass is 9.93. The van der Waals surface area contributed by atoms with Gasteiger partial charge in [0.1, 0.15) is 0 Å². The van der Waals surface area contributed by atoms with Crippen molar-refractivity contribution < 1.29 is 8.78 Å². The van der Waals surface area contributed by atoms with Crippen molar-refractivity contribution in [2.45, 2.75) is 33.1 Å². The first-order valence-electron chi connectivity index (χ1n) is 3.83. The lowest BCUT2D eigenvalue weighted by Crippen LogP contribution is -2.10. The van der Waals surface area contributed by atoms with E-state index in [1.807, 2.05) is 20.8 Å². The van der Waals surface area contributed by atoms with Gasteiger partial charge in [-0.25, -0.2) is 8.78 Å². The van der Waals surface area contributed by atoms with Gasteiger partial charge < -0.3 is 0 Å². The first-order chi connectivity index (χ1) is 4.45. The molecule has 0 aliphatic heterocycles. The second-order valence-corrected chi connectivity index (χ2v) is 3.67. The average Bonchev–Trinajstić information content (AvgIpc) is 2.38. The predicted molar refractivity (Wildman–Crippen MR) is 37.1 cm³/mol. The van der Waals surface area contributed by atoms with Crippen LogP contribution in [0.3, 0.4) is 0 Å². The minimum atomic E-state index is -2.33. The van der Waals surface area contributed by atoms with Crippen LogP contribution in [0.15, 0.2) is 0 Å². The van der Waals surface area contributed by atoms with E-state index >= 15 is 0 Å². The molecule has 1 saturated carbocycles. The highest BCUT2D eigenvalue weighted by Crippen LogP contribution is 2.54. The third-order valence-corrected chi connectivity index (χ3v) is 2.56. The lowest BCUT2D eigenvalue weighted by molar-refractivity contribution is 0.0802. The molecule has 2 atom stereocenters. The standard InChI is InChI=1S/C8H14F2/c1-5(2)6(3)7-4-8(7,9)10/h5-7H,4H2,1-3H3/t6?,7-/m1/s1. The summed E-state index contributed by atoms with van der Waals surface area (Å²) in [7, 11) is 0. The molecule has 1 aliphatic carbocycles. The van der Waals surface area contributed by atoms with Crippen LogP contribution in [0.25, 0.3) is 0 Å². The Kier molecular flexibility index (Phi) is 1.73. The Bertz CT molecular complexity index is 129. The Hall–Kier alpha value is -0.140. The molecule has 1 aliphatic rings. The fraction of sp³-hybridized carbons (Fsp3) is 1.00. The Morgan fingerprint density at radius 1 is 1.30 bits per heavy atom. The predicted octanol–water partition coefficient (Wildman–Crippen LogP) is 2.93. The fourth-order valence-electron chi connectivity index (χ4n) is 1.27. The summed E-state index contributed by atoms with van der Waals surface area (Å²) in [5.74, 6) is -2.09. The molecule has 0 radical (unpaired) electrons. The first kappa shape index (κ1) is 7.96. The molecule has 10 heavy (non-hydrogen) atoms. The molecule has 0 saturated heterocycles. The van der Waals surface area contributed by atoms with E-state index in [0.717, 1.165) is 0 Å². The average molecular weight is 148 g/mol. The molecule has 0 heterocycles. The van der Waals surface area contributed by atoms with Crippen LogP contribution in [0.5, 0.6) is 0 Å². The number of hydrogen-bond acceptors (Lipinski definition) is 0. The second kappa shape index (κ2) is 2.18. The molecule has 60 valence electrons. The van der Waals surface area contributed by atoms with Crippen molar-refractivity contribution in [3.63, 3.8) is 0 Å². The summed E-state index contributed by atoms with van der Waals surface area (Å²) in [4.78, 5) is 0. The zero-order chi connectivity index (χ0) is 7.94. The smallest absolute Gasteiger partial charge is 0.207 e. The van der Waals surface area contributed by atoms with Crippen molar-refractivity contribution in [3.05, 3.63) is 0 Å². The second-order valence-electron chi connectivity index (χ2n) is 3.67. The maximum absolute atomic E-state index is 12.4. The van der Waals surface area contributed by atoms with Gasteiger partial charge in [0.15, 0.2) is 0 Å². The van der Waals surface area contributed by atoms with Crippen LogP contribution in [-0.4, -0.2) is 5.92 Å². The molecule has 1 rings (SSSR count). The molecular formula is C8H14F2. The van der Waals surface area contributed by atoms with E-state index in [1.54, 1.807) is 0 Å². The van der Waals surface area contributed by atoms with Gasteiger partial charge in [-0.3, -0.25) is 0 Å². The van der Waals surface area contributed by atoms with Crippen LogP contribution in [0.2, 0.25) is 0 Å². The molecular weight excluding hydrogens is 134 g/mol. The minimum Gasteiger partial charge on any atom is -0.207 e. The first-order valence-corrected chi connectivity index (χ1v) is 3.83. The van der Waals surface area contributed by atoms with Gasteiger partial charge in [-0.2, -0.15) is 0 Å². The lowest BCUT2D eigenvalue weighted by Gasteiger charge is -2.13. The summed E-state index contributed by atoms with van der Waals surface area (Å²) >= 11 is 0. The Balaban J connectivity index is 2.40. The van der Waals surface area contributed by atoms with Crippen LogP contribution in [0, 0.1) is 17.8 Å². The number of alkyl halides is 2. The molecule has 2 heteroatoms. The zero-order valence-corrected chi connectivity index (χ0v) is 6.70. The van der Waals surface area contributed by atoms with Crippen LogP contribution >= 0.6 is 0 Å². The van der Waals surface area contributed by atoms with Crippen molar-refractivity contribution in [2.24, 2.45) is 17.8 Å². The van der Waals surface area contributed by atoms with E-state index in [1.165, 1.54) is 0 Å². The Morgan fingerprint density at radius 2 is 1.70 bits per heavy atom. The molecule has 0 aromatic rings. The van der Waals surface area contributed by atoms with E-state index in [-0.39, 0.29) is 18.3 Å². The molecule has 0 amide bonds. The summed E-state index contributed by atoms with van der Waals surface area (Å²) in [6.45, 7) is 5.91. The van der Waals surface area contributed by atoms with Crippen LogP contribution in [0.1, 0.15) is 27.2 Å². The molecule has 0 N–H and O–H groups in total. The van der Waals surface area contributed by atoms with E-state index < -0.39 is 5.92 Å². The highest BCUT2D eigenvalue weighted by molar-refractivity contribution is 4.98. The van der Waals surface area contributed by atoms with Gasteiger partial charge in [-0.05, 0) is 11.8 Å². The molecule has 0 bridgehead atoms. The third kappa shape index (κ3) is 1.30. The quantitative estimate of drug-likeness (QED) is 0.564. The van der Waals surface area contributed by atoms with Gasteiger partial charge in [-0.15, -0.1) is 0 Å². The maximum atomic E-state index is 12.4. The number of rotatable bonds is 2. The summed E-state index contributed by atoms with van der Waals surface area (Å²) in [5, 5.41) is 0.